The van der Waals surface area contributed by atoms with Crippen molar-refractivity contribution in [3.05, 3.63) is 0 Å². The van der Waals surface area contributed by atoms with E-state index >= 15 is 0 Å². The summed E-state index contributed by atoms with van der Waals surface area (Å²) in [5.41, 5.74) is -15.2. The second kappa shape index (κ2) is 7.49. The quantitative estimate of drug-likeness (QED) is 0.392. The Kier molecular flexibility index (Phi) is 6.70. The van der Waals surface area contributed by atoms with Gasteiger partial charge < -0.3 is 14.6 Å². The number of aliphatic hydroxyl groups is 1. The minimum absolute atomic E-state index is 0.121. The Hall–Kier alpha value is -1.52. The van der Waals surface area contributed by atoms with Crippen LogP contribution in [0.15, 0.2) is 0 Å². The van der Waals surface area contributed by atoms with Crippen LogP contribution in [0.2, 0.25) is 0 Å². The molecule has 0 saturated carbocycles. The zero-order valence-corrected chi connectivity index (χ0v) is 17.0. The molecule has 17 heteroatoms. The minimum Gasteiger partial charge on any atom is -0.417 e. The van der Waals surface area contributed by atoms with Crippen molar-refractivity contribution in [3.63, 3.8) is 0 Å². The van der Waals surface area contributed by atoms with E-state index in [0.717, 1.165) is 0 Å². The van der Waals surface area contributed by atoms with Crippen LogP contribution in [-0.4, -0.2) is 58.4 Å². The second-order valence-electron chi connectivity index (χ2n) is 7.68. The Bertz CT molecular complexity index is 768. The Morgan fingerprint density at radius 3 is 1.58 bits per heavy atom. The monoisotopic (exact) mass is 520 g/mol. The molecule has 1 N–H and O–H groups in total. The lowest BCUT2D eigenvalue weighted by atomic mass is 9.70. The van der Waals surface area contributed by atoms with Gasteiger partial charge in [0, 0.05) is 0 Å². The second-order valence-corrected chi connectivity index (χ2v) is 7.68. The van der Waals surface area contributed by atoms with Crippen LogP contribution in [0.3, 0.4) is 0 Å². The van der Waals surface area contributed by atoms with Gasteiger partial charge in [-0.1, -0.05) is 13.8 Å². The molecule has 0 aromatic carbocycles. The molecule has 4 unspecified atom stereocenters. The normalized spacial score (nSPS) is 34.5. The van der Waals surface area contributed by atoms with Crippen molar-refractivity contribution in [1.82, 2.24) is 0 Å². The Labute approximate surface area is 177 Å². The molecule has 1 saturated heterocycles. The summed E-state index contributed by atoms with van der Waals surface area (Å²) < 4.78 is 187. The molecule has 0 aliphatic carbocycles. The van der Waals surface area contributed by atoms with Gasteiger partial charge in [0.2, 0.25) is 11.2 Å². The maximum absolute atomic E-state index is 14.9. The SMILES string of the molecule is CCC(C)(C(=O)OC1(C(F)(F)F)OC(C)(C(F)(F)F)C(F)(F)C(O)(CC)C1(F)F)C(F)(F)F. The van der Waals surface area contributed by atoms with E-state index in [1.165, 1.54) is 0 Å². The summed E-state index contributed by atoms with van der Waals surface area (Å²) >= 11 is 0. The lowest BCUT2D eigenvalue weighted by molar-refractivity contribution is -0.555. The summed E-state index contributed by atoms with van der Waals surface area (Å²) in [5.74, 6) is -22.5. The van der Waals surface area contributed by atoms with Crippen LogP contribution >= 0.6 is 0 Å². The van der Waals surface area contributed by atoms with Crippen molar-refractivity contribution in [2.45, 2.75) is 87.9 Å². The van der Waals surface area contributed by atoms with Crippen LogP contribution in [0.25, 0.3) is 0 Å². The van der Waals surface area contributed by atoms with Gasteiger partial charge in [-0.25, -0.2) is 0 Å². The van der Waals surface area contributed by atoms with Crippen molar-refractivity contribution >= 4 is 5.97 Å². The molecule has 1 fully saturated rings. The van der Waals surface area contributed by atoms with Crippen molar-refractivity contribution in [2.75, 3.05) is 0 Å². The van der Waals surface area contributed by atoms with Crippen molar-refractivity contribution < 1.29 is 76.5 Å². The molecule has 0 aromatic heterocycles. The standard InChI is InChI=1S/C16H17F13O4/c1-5-8(3,14(21,22)23)7(30)32-13(16(27,28)29)12(19,20)10(31,6-2)11(17,18)9(4,33-13)15(24,25)26/h31H,5-6H2,1-4H3. The predicted molar refractivity (Wildman–Crippen MR) is 80.0 cm³/mol. The van der Waals surface area contributed by atoms with E-state index in [-0.39, 0.29) is 13.8 Å². The molecule has 1 aliphatic rings. The van der Waals surface area contributed by atoms with Crippen molar-refractivity contribution in [1.29, 1.82) is 0 Å². The van der Waals surface area contributed by atoms with Crippen LogP contribution in [0, 0.1) is 5.41 Å². The van der Waals surface area contributed by atoms with Gasteiger partial charge in [0.25, 0.3) is 0 Å². The third-order valence-electron chi connectivity index (χ3n) is 5.84. The maximum Gasteiger partial charge on any atom is 0.462 e. The largest absolute Gasteiger partial charge is 0.462 e. The van der Waals surface area contributed by atoms with E-state index in [0.29, 0.717) is 6.92 Å². The minimum atomic E-state index is -7.06. The molecule has 4 atom stereocenters. The van der Waals surface area contributed by atoms with E-state index in [4.69, 9.17) is 0 Å². The van der Waals surface area contributed by atoms with Crippen LogP contribution in [-0.2, 0) is 14.3 Å². The number of esters is 1. The zero-order chi connectivity index (χ0) is 26.9. The Morgan fingerprint density at radius 1 is 0.879 bits per heavy atom. The highest BCUT2D eigenvalue weighted by Crippen LogP contribution is 2.67. The predicted octanol–water partition coefficient (Wildman–Crippen LogP) is 5.53. The number of hydrogen-bond donors (Lipinski definition) is 1. The molecule has 0 bridgehead atoms. The Balaban J connectivity index is 4.08. The molecule has 1 aliphatic heterocycles. The molecule has 196 valence electrons. The molecule has 4 nitrogen and oxygen atoms in total. The van der Waals surface area contributed by atoms with Gasteiger partial charge >= 0.3 is 42.1 Å². The number of rotatable bonds is 4. The topological polar surface area (TPSA) is 55.8 Å². The highest BCUT2D eigenvalue weighted by Gasteiger charge is 2.95. The van der Waals surface area contributed by atoms with Crippen molar-refractivity contribution in [3.8, 4) is 0 Å². The highest BCUT2D eigenvalue weighted by molar-refractivity contribution is 5.78. The molecular weight excluding hydrogens is 503 g/mol. The fraction of sp³-hybridized carbons (Fsp3) is 0.938. The molecule has 1 rings (SSSR count). The molecular formula is C16H17F13O4. The lowest BCUT2D eigenvalue weighted by Crippen LogP contribution is -2.87. The van der Waals surface area contributed by atoms with Crippen LogP contribution in [0.1, 0.15) is 40.5 Å². The average Bonchev–Trinajstić information content (AvgIpc) is 2.61. The lowest BCUT2D eigenvalue weighted by Gasteiger charge is -2.59. The highest BCUT2D eigenvalue weighted by atomic mass is 19.4. The number of halogens is 13. The first-order chi connectivity index (χ1) is 14.2. The third-order valence-corrected chi connectivity index (χ3v) is 5.84. The fourth-order valence-corrected chi connectivity index (χ4v) is 3.04. The summed E-state index contributed by atoms with van der Waals surface area (Å²) in [6.45, 7) is -0.270. The molecule has 33 heavy (non-hydrogen) atoms. The number of carbonyl (C=O) groups excluding carboxylic acids is 1. The number of carbonyl (C=O) groups is 1. The number of hydrogen-bond acceptors (Lipinski definition) is 4. The van der Waals surface area contributed by atoms with Gasteiger partial charge in [-0.2, -0.15) is 57.1 Å². The van der Waals surface area contributed by atoms with Crippen LogP contribution in [0.4, 0.5) is 57.1 Å². The first kappa shape index (κ1) is 29.5. The van der Waals surface area contributed by atoms with Crippen LogP contribution in [0.5, 0.6) is 0 Å². The average molecular weight is 520 g/mol. The van der Waals surface area contributed by atoms with Gasteiger partial charge in [0.15, 0.2) is 5.41 Å². The van der Waals surface area contributed by atoms with E-state index in [9.17, 15) is 67.0 Å². The number of ether oxygens (including phenoxy) is 2. The summed E-state index contributed by atoms with van der Waals surface area (Å²) in [5, 5.41) is 9.87. The smallest absolute Gasteiger partial charge is 0.417 e. The summed E-state index contributed by atoms with van der Waals surface area (Å²) in [6.07, 6.45) is -23.1. The van der Waals surface area contributed by atoms with Crippen LogP contribution < -0.4 is 0 Å². The Morgan fingerprint density at radius 2 is 1.30 bits per heavy atom. The number of alkyl halides is 13. The van der Waals surface area contributed by atoms with Gasteiger partial charge in [0.1, 0.15) is 0 Å². The molecule has 0 aromatic rings. The molecule has 0 amide bonds. The van der Waals surface area contributed by atoms with E-state index in [2.05, 4.69) is 9.47 Å². The molecule has 0 spiro atoms. The first-order valence-electron chi connectivity index (χ1n) is 8.82. The summed E-state index contributed by atoms with van der Waals surface area (Å²) in [4.78, 5) is 12.1. The first-order valence-corrected chi connectivity index (χ1v) is 8.82. The zero-order valence-electron chi connectivity index (χ0n) is 17.0. The van der Waals surface area contributed by atoms with Crippen molar-refractivity contribution in [2.24, 2.45) is 5.41 Å². The molecule has 1 heterocycles. The maximum atomic E-state index is 14.9. The third kappa shape index (κ3) is 3.46. The van der Waals surface area contributed by atoms with Gasteiger partial charge in [-0.15, -0.1) is 0 Å². The summed E-state index contributed by atoms with van der Waals surface area (Å²) in [6, 6.07) is 0. The molecule has 0 radical (unpaired) electrons. The van der Waals surface area contributed by atoms with Gasteiger partial charge in [-0.05, 0) is 26.7 Å². The van der Waals surface area contributed by atoms with E-state index < -0.39 is 78.5 Å². The van der Waals surface area contributed by atoms with Gasteiger partial charge in [-0.3, -0.25) is 4.79 Å². The summed E-state index contributed by atoms with van der Waals surface area (Å²) in [7, 11) is 0. The fourth-order valence-electron chi connectivity index (χ4n) is 3.04. The van der Waals surface area contributed by atoms with E-state index in [1.807, 2.05) is 0 Å². The van der Waals surface area contributed by atoms with E-state index in [1.54, 1.807) is 0 Å². The van der Waals surface area contributed by atoms with Gasteiger partial charge in [0.05, 0.1) is 0 Å².